The monoisotopic (exact) mass is 416 g/mol. The Balaban J connectivity index is 1.51. The van der Waals surface area contributed by atoms with Crippen molar-refractivity contribution in [3.63, 3.8) is 0 Å². The summed E-state index contributed by atoms with van der Waals surface area (Å²) in [6.07, 6.45) is 1.57. The van der Waals surface area contributed by atoms with E-state index in [-0.39, 0.29) is 11.4 Å². The molecule has 1 aromatic heterocycles. The fourth-order valence-electron chi connectivity index (χ4n) is 3.15. The van der Waals surface area contributed by atoms with Gasteiger partial charge in [-0.25, -0.2) is 8.42 Å². The van der Waals surface area contributed by atoms with Crippen LogP contribution in [0.3, 0.4) is 0 Å². The minimum atomic E-state index is -3.90. The van der Waals surface area contributed by atoms with Crippen molar-refractivity contribution < 1.29 is 22.7 Å². The molecule has 0 fully saturated rings. The van der Waals surface area contributed by atoms with Crippen LogP contribution >= 0.6 is 0 Å². The van der Waals surface area contributed by atoms with Gasteiger partial charge < -0.3 is 14.8 Å². The zero-order valence-electron chi connectivity index (χ0n) is 15.9. The molecule has 0 unspecified atom stereocenters. The second kappa shape index (κ2) is 7.37. The molecule has 2 aromatic carbocycles. The van der Waals surface area contributed by atoms with Crippen LogP contribution in [0, 0.1) is 6.92 Å². The number of sulfonamides is 1. The third-order valence-electron chi connectivity index (χ3n) is 4.54. The standard InChI is InChI=1S/C19H20N4O5S/c1-12-7-13-10-20-22-19(13)17(8-12)29(25,26)23(2)11-18(24)21-14-3-4-15-16(9-14)28-6-5-27-15/h3-4,7-10H,5-6,11H2,1-2H3,(H,20,22)(H,21,24). The first-order chi connectivity index (χ1) is 13.8. The zero-order chi connectivity index (χ0) is 20.6. The van der Waals surface area contributed by atoms with Gasteiger partial charge in [-0.15, -0.1) is 0 Å². The average Bonchev–Trinajstić information content (AvgIpc) is 3.15. The number of aryl methyl sites for hydroxylation is 1. The van der Waals surface area contributed by atoms with Crippen LogP contribution in [0.25, 0.3) is 10.9 Å². The number of hydrogen-bond acceptors (Lipinski definition) is 6. The lowest BCUT2D eigenvalue weighted by Crippen LogP contribution is -2.35. The lowest BCUT2D eigenvalue weighted by atomic mass is 10.2. The Morgan fingerprint density at radius 2 is 1.97 bits per heavy atom. The van der Waals surface area contributed by atoms with Crippen LogP contribution in [0.15, 0.2) is 41.4 Å². The smallest absolute Gasteiger partial charge is 0.245 e. The highest BCUT2D eigenvalue weighted by molar-refractivity contribution is 7.89. The molecule has 2 heterocycles. The summed E-state index contributed by atoms with van der Waals surface area (Å²) in [5, 5.41) is 10.0. The number of ether oxygens (including phenoxy) is 2. The molecule has 0 atom stereocenters. The summed E-state index contributed by atoms with van der Waals surface area (Å²) < 4.78 is 38.0. The Kier molecular flexibility index (Phi) is 4.89. The molecule has 0 saturated heterocycles. The van der Waals surface area contributed by atoms with Crippen LogP contribution in [0.2, 0.25) is 0 Å². The zero-order valence-corrected chi connectivity index (χ0v) is 16.7. The molecule has 4 rings (SSSR count). The molecule has 29 heavy (non-hydrogen) atoms. The normalized spacial score (nSPS) is 13.6. The molecule has 3 aromatic rings. The molecule has 1 amide bonds. The number of H-pyrrole nitrogens is 1. The summed E-state index contributed by atoms with van der Waals surface area (Å²) in [5.74, 6) is 0.676. The maximum absolute atomic E-state index is 13.0. The molecule has 0 aliphatic carbocycles. The lowest BCUT2D eigenvalue weighted by molar-refractivity contribution is -0.116. The average molecular weight is 416 g/mol. The third kappa shape index (κ3) is 3.76. The fourth-order valence-corrected chi connectivity index (χ4v) is 4.53. The Morgan fingerprint density at radius 1 is 1.21 bits per heavy atom. The molecule has 2 N–H and O–H groups in total. The molecule has 0 radical (unpaired) electrons. The van der Waals surface area contributed by atoms with Gasteiger partial charge in [0.2, 0.25) is 15.9 Å². The number of aromatic amines is 1. The van der Waals surface area contributed by atoms with Gasteiger partial charge in [0.1, 0.15) is 18.1 Å². The number of amides is 1. The Hall–Kier alpha value is -3.11. The first-order valence-corrected chi connectivity index (χ1v) is 10.4. The number of benzene rings is 2. The minimum absolute atomic E-state index is 0.0830. The Labute approximate surface area is 167 Å². The van der Waals surface area contributed by atoms with Crippen molar-refractivity contribution >= 4 is 32.5 Å². The summed E-state index contributed by atoms with van der Waals surface area (Å²) in [6.45, 7) is 2.37. The molecular formula is C19H20N4O5S. The Bertz CT molecular complexity index is 1190. The van der Waals surface area contributed by atoms with E-state index in [1.54, 1.807) is 37.4 Å². The number of aromatic nitrogens is 2. The maximum Gasteiger partial charge on any atom is 0.245 e. The molecule has 1 aliphatic rings. The van der Waals surface area contributed by atoms with E-state index in [4.69, 9.17) is 9.47 Å². The fraction of sp³-hybridized carbons (Fsp3) is 0.263. The van der Waals surface area contributed by atoms with Gasteiger partial charge in [0, 0.05) is 24.2 Å². The van der Waals surface area contributed by atoms with Crippen molar-refractivity contribution in [2.45, 2.75) is 11.8 Å². The van der Waals surface area contributed by atoms with Gasteiger partial charge in [0.05, 0.1) is 18.3 Å². The summed E-state index contributed by atoms with van der Waals surface area (Å²) in [4.78, 5) is 12.5. The van der Waals surface area contributed by atoms with Crippen LogP contribution in [-0.4, -0.2) is 55.6 Å². The molecule has 0 spiro atoms. The predicted octanol–water partition coefficient (Wildman–Crippen LogP) is 1.90. The van der Waals surface area contributed by atoms with Crippen LogP contribution in [0.5, 0.6) is 11.5 Å². The van der Waals surface area contributed by atoms with E-state index < -0.39 is 15.9 Å². The van der Waals surface area contributed by atoms with Gasteiger partial charge in [-0.05, 0) is 36.8 Å². The van der Waals surface area contributed by atoms with Crippen molar-refractivity contribution in [1.82, 2.24) is 14.5 Å². The third-order valence-corrected chi connectivity index (χ3v) is 6.36. The van der Waals surface area contributed by atoms with Crippen molar-refractivity contribution in [2.24, 2.45) is 0 Å². The quantitative estimate of drug-likeness (QED) is 0.657. The van der Waals surface area contributed by atoms with Crippen LogP contribution in [0.1, 0.15) is 5.56 Å². The van der Waals surface area contributed by atoms with Crippen molar-refractivity contribution in [3.8, 4) is 11.5 Å². The lowest BCUT2D eigenvalue weighted by Gasteiger charge is -2.20. The summed E-state index contributed by atoms with van der Waals surface area (Å²) >= 11 is 0. The second-order valence-electron chi connectivity index (χ2n) is 6.76. The molecule has 0 bridgehead atoms. The highest BCUT2D eigenvalue weighted by Gasteiger charge is 2.26. The number of rotatable bonds is 5. The van der Waals surface area contributed by atoms with Gasteiger partial charge in [-0.3, -0.25) is 9.89 Å². The van der Waals surface area contributed by atoms with Gasteiger partial charge >= 0.3 is 0 Å². The van der Waals surface area contributed by atoms with Gasteiger partial charge in [0.15, 0.2) is 11.5 Å². The van der Waals surface area contributed by atoms with Crippen LogP contribution in [-0.2, 0) is 14.8 Å². The second-order valence-corrected chi connectivity index (χ2v) is 8.78. The summed E-state index contributed by atoms with van der Waals surface area (Å²) in [5.41, 5.74) is 1.69. The van der Waals surface area contributed by atoms with E-state index >= 15 is 0 Å². The van der Waals surface area contributed by atoms with Crippen molar-refractivity contribution in [1.29, 1.82) is 0 Å². The first kappa shape index (κ1) is 19.2. The number of carbonyl (C=O) groups excluding carboxylic acids is 1. The highest BCUT2D eigenvalue weighted by Crippen LogP contribution is 2.32. The molecule has 152 valence electrons. The number of likely N-dealkylation sites (N-methyl/N-ethyl adjacent to an activating group) is 1. The van der Waals surface area contributed by atoms with Gasteiger partial charge in [0.25, 0.3) is 0 Å². The number of nitrogens with one attached hydrogen (secondary N) is 2. The highest BCUT2D eigenvalue weighted by atomic mass is 32.2. The number of fused-ring (bicyclic) bond motifs is 2. The number of nitrogens with zero attached hydrogens (tertiary/aromatic N) is 2. The number of anilines is 1. The molecule has 0 saturated carbocycles. The largest absolute Gasteiger partial charge is 0.486 e. The van der Waals surface area contributed by atoms with Crippen molar-refractivity contribution in [3.05, 3.63) is 42.1 Å². The molecule has 10 heteroatoms. The number of carbonyl (C=O) groups is 1. The SMILES string of the molecule is Cc1cc(S(=O)(=O)N(C)CC(=O)Nc2ccc3c(c2)OCCO3)c2[nH]ncc2c1. The van der Waals surface area contributed by atoms with E-state index in [0.717, 1.165) is 9.87 Å². The predicted molar refractivity (Wildman–Crippen MR) is 107 cm³/mol. The van der Waals surface area contributed by atoms with E-state index in [9.17, 15) is 13.2 Å². The number of hydrogen-bond donors (Lipinski definition) is 2. The van der Waals surface area contributed by atoms with E-state index in [2.05, 4.69) is 15.5 Å². The van der Waals surface area contributed by atoms with Gasteiger partial charge in [-0.2, -0.15) is 9.40 Å². The van der Waals surface area contributed by atoms with Crippen molar-refractivity contribution in [2.75, 3.05) is 32.1 Å². The Morgan fingerprint density at radius 3 is 2.76 bits per heavy atom. The summed E-state index contributed by atoms with van der Waals surface area (Å²) in [6, 6.07) is 8.42. The molecular weight excluding hydrogens is 396 g/mol. The van der Waals surface area contributed by atoms with E-state index in [1.807, 2.05) is 6.07 Å². The summed E-state index contributed by atoms with van der Waals surface area (Å²) in [7, 11) is -2.54. The van der Waals surface area contributed by atoms with Gasteiger partial charge in [-0.1, -0.05) is 0 Å². The topological polar surface area (TPSA) is 114 Å². The molecule has 9 nitrogen and oxygen atoms in total. The first-order valence-electron chi connectivity index (χ1n) is 8.94. The van der Waals surface area contributed by atoms with E-state index in [1.165, 1.54) is 7.05 Å². The minimum Gasteiger partial charge on any atom is -0.486 e. The maximum atomic E-state index is 13.0. The molecule has 1 aliphatic heterocycles. The van der Waals surface area contributed by atoms with Crippen LogP contribution < -0.4 is 14.8 Å². The van der Waals surface area contributed by atoms with E-state index in [0.29, 0.717) is 41.3 Å². The van der Waals surface area contributed by atoms with Crippen LogP contribution in [0.4, 0.5) is 5.69 Å².